The summed E-state index contributed by atoms with van der Waals surface area (Å²) in [4.78, 5) is 14.3. The molecular formula is C33H43N3O. The predicted octanol–water partition coefficient (Wildman–Crippen LogP) is 7.06. The molecule has 10 rings (SSSR count). The molecular weight excluding hydrogens is 454 g/mol. The molecule has 196 valence electrons. The maximum Gasteiger partial charge on any atom is 0.255 e. The lowest BCUT2D eigenvalue weighted by molar-refractivity contribution is -0.0727. The fraction of sp³-hybridized carbons (Fsp3) is 0.697. The molecule has 1 aromatic carbocycles. The number of nitrogens with one attached hydrogen (secondary N) is 1. The maximum atomic E-state index is 14.3. The van der Waals surface area contributed by atoms with Crippen molar-refractivity contribution in [3.8, 4) is 5.69 Å². The fourth-order valence-corrected chi connectivity index (χ4v) is 11.6. The second-order valence-corrected chi connectivity index (χ2v) is 14.6. The molecule has 0 saturated heterocycles. The first-order valence-electron chi connectivity index (χ1n) is 15.5. The highest BCUT2D eigenvalue weighted by molar-refractivity contribution is 5.96. The number of carbonyl (C=O) groups excluding carboxylic acids is 1. The fourth-order valence-electron chi connectivity index (χ4n) is 11.6. The van der Waals surface area contributed by atoms with Crippen LogP contribution in [0.25, 0.3) is 5.69 Å². The summed E-state index contributed by atoms with van der Waals surface area (Å²) in [5, 5.41) is 8.96. The predicted molar refractivity (Wildman–Crippen MR) is 146 cm³/mol. The van der Waals surface area contributed by atoms with E-state index in [-0.39, 0.29) is 17.4 Å². The number of amides is 1. The Bertz CT molecular complexity index is 1120. The molecule has 4 heteroatoms. The molecule has 0 aliphatic heterocycles. The Morgan fingerprint density at radius 3 is 1.89 bits per heavy atom. The molecule has 1 aromatic heterocycles. The van der Waals surface area contributed by atoms with Gasteiger partial charge in [-0.3, -0.25) is 4.79 Å². The van der Waals surface area contributed by atoms with Crippen LogP contribution in [0.5, 0.6) is 0 Å². The normalized spacial score (nSPS) is 41.8. The van der Waals surface area contributed by atoms with Gasteiger partial charge in [0.2, 0.25) is 0 Å². The zero-order valence-electron chi connectivity index (χ0n) is 22.5. The maximum absolute atomic E-state index is 14.3. The molecule has 1 atom stereocenters. The highest BCUT2D eigenvalue weighted by Gasteiger charge is 2.56. The summed E-state index contributed by atoms with van der Waals surface area (Å²) in [6.45, 7) is 2.30. The molecule has 0 radical (unpaired) electrons. The van der Waals surface area contributed by atoms with Gasteiger partial charge in [-0.05, 0) is 137 Å². The molecule has 8 aliphatic carbocycles. The highest BCUT2D eigenvalue weighted by atomic mass is 16.1. The van der Waals surface area contributed by atoms with Gasteiger partial charge in [0, 0.05) is 17.7 Å². The van der Waals surface area contributed by atoms with E-state index >= 15 is 0 Å². The number of rotatable bonds is 6. The molecule has 1 unspecified atom stereocenters. The topological polar surface area (TPSA) is 46.9 Å². The molecule has 8 fully saturated rings. The molecule has 8 saturated carbocycles. The molecule has 2 aromatic rings. The number of carbonyl (C=O) groups is 1. The van der Waals surface area contributed by atoms with E-state index in [1.54, 1.807) is 0 Å². The average Bonchev–Trinajstić information content (AvgIpc) is 3.33. The van der Waals surface area contributed by atoms with Gasteiger partial charge in [0.25, 0.3) is 5.91 Å². The lowest BCUT2D eigenvalue weighted by Gasteiger charge is -2.59. The van der Waals surface area contributed by atoms with Crippen molar-refractivity contribution < 1.29 is 4.79 Å². The Kier molecular flexibility index (Phi) is 5.06. The van der Waals surface area contributed by atoms with E-state index in [9.17, 15) is 4.79 Å². The van der Waals surface area contributed by atoms with Gasteiger partial charge in [-0.1, -0.05) is 25.1 Å². The van der Waals surface area contributed by atoms with Crippen molar-refractivity contribution in [3.63, 3.8) is 0 Å². The number of hydrogen-bond acceptors (Lipinski definition) is 2. The quantitative estimate of drug-likeness (QED) is 0.464. The molecule has 37 heavy (non-hydrogen) atoms. The van der Waals surface area contributed by atoms with Gasteiger partial charge in [-0.2, -0.15) is 5.10 Å². The summed E-state index contributed by atoms with van der Waals surface area (Å²) < 4.78 is 2.01. The molecule has 0 spiro atoms. The van der Waals surface area contributed by atoms with E-state index in [4.69, 9.17) is 5.10 Å². The zero-order valence-corrected chi connectivity index (χ0v) is 22.5. The summed E-state index contributed by atoms with van der Waals surface area (Å²) in [5.74, 6) is 5.36. The van der Waals surface area contributed by atoms with Gasteiger partial charge in [-0.15, -0.1) is 0 Å². The van der Waals surface area contributed by atoms with Crippen molar-refractivity contribution >= 4 is 5.91 Å². The Morgan fingerprint density at radius 1 is 0.865 bits per heavy atom. The van der Waals surface area contributed by atoms with Gasteiger partial charge in [0.05, 0.1) is 16.9 Å². The smallest absolute Gasteiger partial charge is 0.255 e. The summed E-state index contributed by atoms with van der Waals surface area (Å²) in [6.07, 6.45) is 19.4. The second kappa shape index (κ2) is 8.20. The standard InChI is InChI=1S/C33H43N3O/c1-2-29(32-14-21-8-22(15-32)10-23(9-21)16-32)34-31(37)28-20-36(27-6-4-3-5-7-27)35-30(28)33-17-24-11-25(18-33)13-26(12-24)19-33/h3-7,20-26,29H,2,8-19H2,1H3,(H,34,37). The van der Waals surface area contributed by atoms with Crippen LogP contribution in [0.1, 0.15) is 106 Å². The first-order chi connectivity index (χ1) is 18.0. The third kappa shape index (κ3) is 3.60. The van der Waals surface area contributed by atoms with Gasteiger partial charge >= 0.3 is 0 Å². The SMILES string of the molecule is CCC(NC(=O)c1cn(-c2ccccc2)nc1C12CC3CC(CC(C3)C1)C2)C12CC3CC(CC(C3)C1)C2. The van der Waals surface area contributed by atoms with E-state index in [0.29, 0.717) is 5.41 Å². The van der Waals surface area contributed by atoms with Crippen LogP contribution in [0.2, 0.25) is 0 Å². The minimum atomic E-state index is 0.101. The summed E-state index contributed by atoms with van der Waals surface area (Å²) in [5.41, 5.74) is 3.47. The third-order valence-electron chi connectivity index (χ3n) is 12.1. The third-order valence-corrected chi connectivity index (χ3v) is 12.1. The first kappa shape index (κ1) is 22.8. The van der Waals surface area contributed by atoms with Gasteiger partial charge in [0.1, 0.15) is 0 Å². The number of nitrogens with zero attached hydrogens (tertiary/aromatic N) is 2. The Hall–Kier alpha value is -2.10. The van der Waals surface area contributed by atoms with E-state index in [2.05, 4.69) is 48.8 Å². The Morgan fingerprint density at radius 2 is 1.38 bits per heavy atom. The molecule has 4 nitrogen and oxygen atoms in total. The lowest BCUT2D eigenvalue weighted by Crippen LogP contribution is -2.57. The minimum Gasteiger partial charge on any atom is -0.349 e. The van der Waals surface area contributed by atoms with E-state index in [0.717, 1.165) is 58.9 Å². The number of para-hydroxylation sites is 1. The van der Waals surface area contributed by atoms with E-state index in [1.165, 1.54) is 77.0 Å². The van der Waals surface area contributed by atoms with E-state index in [1.807, 2.05) is 4.68 Å². The zero-order chi connectivity index (χ0) is 24.8. The molecule has 1 heterocycles. The molecule has 1 amide bonds. The van der Waals surface area contributed by atoms with Crippen LogP contribution in [0.3, 0.4) is 0 Å². The largest absolute Gasteiger partial charge is 0.349 e. The van der Waals surface area contributed by atoms with Crippen molar-refractivity contribution in [1.82, 2.24) is 15.1 Å². The van der Waals surface area contributed by atoms with Gasteiger partial charge in [0.15, 0.2) is 0 Å². The van der Waals surface area contributed by atoms with Gasteiger partial charge in [-0.25, -0.2) is 4.68 Å². The Balaban J connectivity index is 1.15. The summed E-state index contributed by atoms with van der Waals surface area (Å²) in [7, 11) is 0. The second-order valence-electron chi connectivity index (χ2n) is 14.6. The van der Waals surface area contributed by atoms with Crippen LogP contribution in [0, 0.1) is 40.9 Å². The summed E-state index contributed by atoms with van der Waals surface area (Å²) >= 11 is 0. The van der Waals surface area contributed by atoms with Crippen LogP contribution in [-0.2, 0) is 5.41 Å². The van der Waals surface area contributed by atoms with Gasteiger partial charge < -0.3 is 5.32 Å². The average molecular weight is 498 g/mol. The van der Waals surface area contributed by atoms with Crippen LogP contribution in [0.4, 0.5) is 0 Å². The molecule has 1 N–H and O–H groups in total. The Labute approximate surface area is 222 Å². The monoisotopic (exact) mass is 497 g/mol. The molecule has 8 aliphatic rings. The van der Waals surface area contributed by atoms with Crippen LogP contribution < -0.4 is 5.32 Å². The van der Waals surface area contributed by atoms with Crippen molar-refractivity contribution in [2.45, 2.75) is 102 Å². The van der Waals surface area contributed by atoms with Crippen LogP contribution in [0.15, 0.2) is 36.5 Å². The van der Waals surface area contributed by atoms with Crippen LogP contribution >= 0.6 is 0 Å². The number of aromatic nitrogens is 2. The van der Waals surface area contributed by atoms with Crippen molar-refractivity contribution in [2.24, 2.45) is 40.9 Å². The molecule has 8 bridgehead atoms. The highest BCUT2D eigenvalue weighted by Crippen LogP contribution is 2.62. The van der Waals surface area contributed by atoms with E-state index < -0.39 is 0 Å². The minimum absolute atomic E-state index is 0.101. The number of benzene rings is 1. The van der Waals surface area contributed by atoms with Crippen molar-refractivity contribution in [2.75, 3.05) is 0 Å². The van der Waals surface area contributed by atoms with Crippen molar-refractivity contribution in [1.29, 1.82) is 0 Å². The van der Waals surface area contributed by atoms with Crippen molar-refractivity contribution in [3.05, 3.63) is 47.8 Å². The number of hydrogen-bond donors (Lipinski definition) is 1. The lowest BCUT2D eigenvalue weighted by atomic mass is 9.47. The first-order valence-corrected chi connectivity index (χ1v) is 15.5. The van der Waals surface area contributed by atoms with Crippen LogP contribution in [-0.4, -0.2) is 21.7 Å². The summed E-state index contributed by atoms with van der Waals surface area (Å²) in [6, 6.07) is 10.7.